The Kier molecular flexibility index (Phi) is 5.23. The van der Waals surface area contributed by atoms with Crippen molar-refractivity contribution >= 4 is 16.9 Å². The predicted octanol–water partition coefficient (Wildman–Crippen LogP) is 2.65. The van der Waals surface area contributed by atoms with Crippen LogP contribution in [0.25, 0.3) is 22.1 Å². The Bertz CT molecular complexity index is 1060. The lowest BCUT2D eigenvalue weighted by Crippen LogP contribution is -2.46. The van der Waals surface area contributed by atoms with E-state index in [4.69, 9.17) is 14.9 Å². The molecule has 3 aromatic rings. The molecule has 144 valence electrons. The molecule has 0 saturated carbocycles. The van der Waals surface area contributed by atoms with E-state index >= 15 is 0 Å². The highest BCUT2D eigenvalue weighted by molar-refractivity contribution is 5.95. The number of hydrogen-bond acceptors (Lipinski definition) is 5. The average Bonchev–Trinajstić information content (AvgIpc) is 2.73. The normalized spacial score (nSPS) is 17.0. The molecule has 1 atom stereocenters. The second kappa shape index (κ2) is 7.96. The molecule has 1 amide bonds. The fraction of sp³-hybridized carbons (Fsp3) is 0.273. The molecule has 1 unspecified atom stereocenters. The van der Waals surface area contributed by atoms with Crippen LogP contribution in [0.2, 0.25) is 0 Å². The van der Waals surface area contributed by atoms with E-state index in [1.165, 1.54) is 0 Å². The highest BCUT2D eigenvalue weighted by Crippen LogP contribution is 2.23. The van der Waals surface area contributed by atoms with Crippen molar-refractivity contribution in [3.8, 4) is 11.1 Å². The van der Waals surface area contributed by atoms with Gasteiger partial charge in [-0.3, -0.25) is 4.79 Å². The zero-order valence-corrected chi connectivity index (χ0v) is 15.5. The first-order chi connectivity index (χ1) is 13.7. The van der Waals surface area contributed by atoms with Crippen LogP contribution in [0, 0.1) is 0 Å². The predicted molar refractivity (Wildman–Crippen MR) is 107 cm³/mol. The van der Waals surface area contributed by atoms with E-state index in [1.807, 2.05) is 24.3 Å². The van der Waals surface area contributed by atoms with Gasteiger partial charge in [0.2, 0.25) is 0 Å². The molecule has 1 aliphatic rings. The van der Waals surface area contributed by atoms with Crippen molar-refractivity contribution in [1.29, 1.82) is 0 Å². The summed E-state index contributed by atoms with van der Waals surface area (Å²) in [6, 6.07) is 16.3. The molecule has 1 aliphatic heterocycles. The molecule has 2 heterocycles. The van der Waals surface area contributed by atoms with Gasteiger partial charge in [-0.2, -0.15) is 0 Å². The van der Waals surface area contributed by atoms with Crippen LogP contribution in [0.4, 0.5) is 0 Å². The molecule has 6 nitrogen and oxygen atoms in total. The third kappa shape index (κ3) is 3.69. The molecule has 1 fully saturated rings. The van der Waals surface area contributed by atoms with E-state index < -0.39 is 5.63 Å². The van der Waals surface area contributed by atoms with Gasteiger partial charge >= 0.3 is 5.63 Å². The maximum Gasteiger partial charge on any atom is 0.344 e. The van der Waals surface area contributed by atoms with Crippen LogP contribution in [0.15, 0.2) is 63.8 Å². The smallest absolute Gasteiger partial charge is 0.344 e. The fourth-order valence-electron chi connectivity index (χ4n) is 3.53. The number of ether oxygens (including phenoxy) is 1. The SMILES string of the molecule is NCCC1CN(C(=O)c2cccc(-c3cc4ccccc4oc3=O)c2)CCO1. The van der Waals surface area contributed by atoms with Crippen LogP contribution in [0.3, 0.4) is 0 Å². The summed E-state index contributed by atoms with van der Waals surface area (Å²) in [4.78, 5) is 27.2. The summed E-state index contributed by atoms with van der Waals surface area (Å²) >= 11 is 0. The molecular weight excluding hydrogens is 356 g/mol. The van der Waals surface area contributed by atoms with E-state index in [9.17, 15) is 9.59 Å². The molecule has 0 spiro atoms. The van der Waals surface area contributed by atoms with Gasteiger partial charge in [-0.1, -0.05) is 30.3 Å². The lowest BCUT2D eigenvalue weighted by molar-refractivity contribution is -0.0236. The maximum atomic E-state index is 13.0. The summed E-state index contributed by atoms with van der Waals surface area (Å²) in [5, 5.41) is 0.839. The van der Waals surface area contributed by atoms with Crippen molar-refractivity contribution in [2.24, 2.45) is 5.73 Å². The molecule has 6 heteroatoms. The van der Waals surface area contributed by atoms with Crippen molar-refractivity contribution < 1.29 is 13.9 Å². The molecule has 2 N–H and O–H groups in total. The summed E-state index contributed by atoms with van der Waals surface area (Å²) in [5.74, 6) is -0.0719. The third-order valence-corrected chi connectivity index (χ3v) is 4.98. The number of nitrogens with zero attached hydrogens (tertiary/aromatic N) is 1. The van der Waals surface area contributed by atoms with Gasteiger partial charge in [0, 0.05) is 24.0 Å². The van der Waals surface area contributed by atoms with E-state index in [1.54, 1.807) is 35.2 Å². The highest BCUT2D eigenvalue weighted by Gasteiger charge is 2.25. The number of para-hydroxylation sites is 1. The minimum Gasteiger partial charge on any atom is -0.422 e. The van der Waals surface area contributed by atoms with Gasteiger partial charge < -0.3 is 19.8 Å². The van der Waals surface area contributed by atoms with E-state index in [0.717, 1.165) is 11.8 Å². The minimum atomic E-state index is -0.419. The van der Waals surface area contributed by atoms with Crippen LogP contribution >= 0.6 is 0 Å². The first kappa shape index (κ1) is 18.4. The number of carbonyl (C=O) groups is 1. The number of morpholine rings is 1. The topological polar surface area (TPSA) is 85.8 Å². The minimum absolute atomic E-state index is 0.0292. The summed E-state index contributed by atoms with van der Waals surface area (Å²) in [5.41, 5.74) is 7.38. The average molecular weight is 378 g/mol. The Morgan fingerprint density at radius 2 is 2.00 bits per heavy atom. The highest BCUT2D eigenvalue weighted by atomic mass is 16.5. The van der Waals surface area contributed by atoms with Crippen LogP contribution in [0.5, 0.6) is 0 Å². The third-order valence-electron chi connectivity index (χ3n) is 4.98. The molecule has 1 aromatic heterocycles. The standard InChI is InChI=1S/C22H22N2O4/c23-9-8-18-14-24(10-11-27-18)21(25)17-6-3-5-15(12-17)19-13-16-4-1-2-7-20(16)28-22(19)26/h1-7,12-13,18H,8-11,14,23H2. The Morgan fingerprint density at radius 3 is 2.86 bits per heavy atom. The number of hydrogen-bond donors (Lipinski definition) is 1. The quantitative estimate of drug-likeness (QED) is 0.706. The first-order valence-electron chi connectivity index (χ1n) is 9.40. The van der Waals surface area contributed by atoms with Crippen LogP contribution in [-0.4, -0.2) is 43.2 Å². The maximum absolute atomic E-state index is 13.0. The Hall–Kier alpha value is -2.96. The van der Waals surface area contributed by atoms with Gasteiger partial charge in [0.1, 0.15) is 5.58 Å². The van der Waals surface area contributed by atoms with Crippen molar-refractivity contribution in [3.63, 3.8) is 0 Å². The fourth-order valence-corrected chi connectivity index (χ4v) is 3.53. The zero-order chi connectivity index (χ0) is 19.5. The number of amides is 1. The molecule has 0 aliphatic carbocycles. The van der Waals surface area contributed by atoms with Crippen molar-refractivity contribution in [3.05, 3.63) is 70.6 Å². The zero-order valence-electron chi connectivity index (χ0n) is 15.5. The van der Waals surface area contributed by atoms with Crippen LogP contribution < -0.4 is 11.4 Å². The van der Waals surface area contributed by atoms with Crippen LogP contribution in [0.1, 0.15) is 16.8 Å². The molecule has 0 radical (unpaired) electrons. The second-order valence-electron chi connectivity index (χ2n) is 6.89. The van der Waals surface area contributed by atoms with Crippen molar-refractivity contribution in [2.75, 3.05) is 26.2 Å². The number of carbonyl (C=O) groups excluding carboxylic acids is 1. The lowest BCUT2D eigenvalue weighted by atomic mass is 10.0. The number of benzene rings is 2. The largest absolute Gasteiger partial charge is 0.422 e. The Labute approximate surface area is 162 Å². The van der Waals surface area contributed by atoms with Gasteiger partial charge in [-0.25, -0.2) is 4.79 Å². The number of rotatable bonds is 4. The van der Waals surface area contributed by atoms with Crippen molar-refractivity contribution in [1.82, 2.24) is 4.90 Å². The molecule has 28 heavy (non-hydrogen) atoms. The van der Waals surface area contributed by atoms with Gasteiger partial charge in [0.05, 0.1) is 18.3 Å². The molecule has 2 aromatic carbocycles. The summed E-state index contributed by atoms with van der Waals surface area (Å²) in [6.07, 6.45) is 0.695. The van der Waals surface area contributed by atoms with Gasteiger partial charge in [-0.05, 0) is 42.8 Å². The van der Waals surface area contributed by atoms with Gasteiger partial charge in [0.25, 0.3) is 5.91 Å². The van der Waals surface area contributed by atoms with Gasteiger partial charge in [-0.15, -0.1) is 0 Å². The second-order valence-corrected chi connectivity index (χ2v) is 6.89. The van der Waals surface area contributed by atoms with E-state index in [0.29, 0.717) is 48.5 Å². The number of fused-ring (bicyclic) bond motifs is 1. The Morgan fingerprint density at radius 1 is 1.14 bits per heavy atom. The summed E-state index contributed by atoms with van der Waals surface area (Å²) in [6.45, 7) is 2.10. The number of nitrogens with two attached hydrogens (primary N) is 1. The summed E-state index contributed by atoms with van der Waals surface area (Å²) < 4.78 is 11.1. The van der Waals surface area contributed by atoms with Gasteiger partial charge in [0.15, 0.2) is 0 Å². The molecule has 4 rings (SSSR count). The van der Waals surface area contributed by atoms with Crippen molar-refractivity contribution in [2.45, 2.75) is 12.5 Å². The monoisotopic (exact) mass is 378 g/mol. The molecular formula is C22H22N2O4. The first-order valence-corrected chi connectivity index (χ1v) is 9.40. The Balaban J connectivity index is 1.64. The van der Waals surface area contributed by atoms with Crippen LogP contribution in [-0.2, 0) is 4.74 Å². The lowest BCUT2D eigenvalue weighted by Gasteiger charge is -2.33. The molecule has 0 bridgehead atoms. The van der Waals surface area contributed by atoms with E-state index in [2.05, 4.69) is 0 Å². The van der Waals surface area contributed by atoms with E-state index in [-0.39, 0.29) is 12.0 Å². The summed E-state index contributed by atoms with van der Waals surface area (Å²) in [7, 11) is 0. The molecule has 1 saturated heterocycles.